The number of amides is 2. The van der Waals surface area contributed by atoms with Gasteiger partial charge in [0.15, 0.2) is 6.29 Å². The first-order chi connectivity index (χ1) is 18.7. The van der Waals surface area contributed by atoms with Gasteiger partial charge >= 0.3 is 6.03 Å². The zero-order valence-electron chi connectivity index (χ0n) is 22.4. The Bertz CT molecular complexity index is 1330. The van der Waals surface area contributed by atoms with Crippen LogP contribution in [-0.4, -0.2) is 88.8 Å². The third-order valence-corrected chi connectivity index (χ3v) is 7.42. The van der Waals surface area contributed by atoms with Gasteiger partial charge in [-0.3, -0.25) is 15.0 Å². The number of anilines is 3. The summed E-state index contributed by atoms with van der Waals surface area (Å²) in [5.41, 5.74) is 2.08. The second-order valence-corrected chi connectivity index (χ2v) is 11.2. The maximum absolute atomic E-state index is 13.2. The summed E-state index contributed by atoms with van der Waals surface area (Å²) in [4.78, 5) is 37.0. The van der Waals surface area contributed by atoms with Crippen LogP contribution in [0.25, 0.3) is 0 Å². The molecule has 2 aromatic heterocycles. The molecule has 14 heteroatoms. The number of nitrogens with one attached hydrogen (secondary N) is 3. The molecule has 1 aliphatic heterocycles. The van der Waals surface area contributed by atoms with Gasteiger partial charge in [-0.2, -0.15) is 5.26 Å². The molecular formula is C25H34N8O5S. The van der Waals surface area contributed by atoms with Crippen molar-refractivity contribution in [2.75, 3.05) is 68.7 Å². The number of pyridine rings is 2. The number of rotatable bonds is 13. The van der Waals surface area contributed by atoms with Crippen molar-refractivity contribution >= 4 is 39.7 Å². The van der Waals surface area contributed by atoms with Crippen molar-refractivity contribution in [3.8, 4) is 6.07 Å². The number of nitrogens with zero attached hydrogens (tertiary/aromatic N) is 5. The number of aryl methyl sites for hydroxylation is 1. The lowest BCUT2D eigenvalue weighted by molar-refractivity contribution is 0.111. The standard InChI is InChI=1S/C25H34N8O5S/c1-32(2)8-5-11-39(36,37)29-16-19-12-18-6-4-9-33(24(18)30-22(19)17-34)25(35)31-23-13-21(27-7-10-38-3)20(14-26)15-28-23/h12-13,15,17,29H,4-11,16H2,1-3H3,(H2,27,28,31,35). The summed E-state index contributed by atoms with van der Waals surface area (Å²) in [6, 6.07) is 4.86. The molecule has 0 aliphatic carbocycles. The van der Waals surface area contributed by atoms with Crippen LogP contribution in [0.2, 0.25) is 0 Å². The quantitative estimate of drug-likeness (QED) is 0.242. The molecule has 0 bridgehead atoms. The minimum Gasteiger partial charge on any atom is -0.383 e. The second-order valence-electron chi connectivity index (χ2n) is 9.26. The van der Waals surface area contributed by atoms with Crippen molar-refractivity contribution in [2.45, 2.75) is 25.8 Å². The summed E-state index contributed by atoms with van der Waals surface area (Å²) >= 11 is 0. The van der Waals surface area contributed by atoms with Gasteiger partial charge in [0.05, 0.1) is 23.6 Å². The van der Waals surface area contributed by atoms with Gasteiger partial charge < -0.3 is 15.0 Å². The van der Waals surface area contributed by atoms with Crippen LogP contribution >= 0.6 is 0 Å². The van der Waals surface area contributed by atoms with Crippen LogP contribution in [0.1, 0.15) is 40.0 Å². The molecule has 0 unspecified atom stereocenters. The monoisotopic (exact) mass is 558 g/mol. The molecule has 3 heterocycles. The van der Waals surface area contributed by atoms with Crippen molar-refractivity contribution in [1.29, 1.82) is 5.26 Å². The van der Waals surface area contributed by atoms with Gasteiger partial charge in [-0.1, -0.05) is 0 Å². The Labute approximate surface area is 228 Å². The highest BCUT2D eigenvalue weighted by Gasteiger charge is 2.26. The van der Waals surface area contributed by atoms with Crippen LogP contribution in [0.15, 0.2) is 18.3 Å². The number of fused-ring (bicyclic) bond motifs is 1. The molecule has 0 radical (unpaired) electrons. The highest BCUT2D eigenvalue weighted by Crippen LogP contribution is 2.28. The molecule has 0 fully saturated rings. The molecule has 0 atom stereocenters. The van der Waals surface area contributed by atoms with E-state index in [-0.39, 0.29) is 23.8 Å². The average Bonchev–Trinajstić information content (AvgIpc) is 2.91. The van der Waals surface area contributed by atoms with Crippen LogP contribution in [-0.2, 0) is 27.7 Å². The zero-order valence-corrected chi connectivity index (χ0v) is 23.2. The number of urea groups is 1. The van der Waals surface area contributed by atoms with Gasteiger partial charge in [-0.05, 0) is 57.1 Å². The Balaban J connectivity index is 1.75. The molecule has 13 nitrogen and oxygen atoms in total. The summed E-state index contributed by atoms with van der Waals surface area (Å²) < 4.78 is 32.4. The Morgan fingerprint density at radius 2 is 2.13 bits per heavy atom. The van der Waals surface area contributed by atoms with E-state index in [0.29, 0.717) is 74.4 Å². The molecule has 0 saturated carbocycles. The van der Waals surface area contributed by atoms with Gasteiger partial charge in [0.25, 0.3) is 0 Å². The number of methoxy groups -OCH3 is 1. The Kier molecular flexibility index (Phi) is 10.7. The van der Waals surface area contributed by atoms with E-state index >= 15 is 0 Å². The number of hydrogen-bond donors (Lipinski definition) is 3. The van der Waals surface area contributed by atoms with E-state index in [2.05, 4.69) is 31.4 Å². The predicted molar refractivity (Wildman–Crippen MR) is 147 cm³/mol. The minimum atomic E-state index is -3.53. The number of sulfonamides is 1. The maximum Gasteiger partial charge on any atom is 0.328 e. The van der Waals surface area contributed by atoms with Crippen molar-refractivity contribution in [3.63, 3.8) is 0 Å². The third-order valence-electron chi connectivity index (χ3n) is 6.01. The van der Waals surface area contributed by atoms with E-state index in [4.69, 9.17) is 4.74 Å². The lowest BCUT2D eigenvalue weighted by Crippen LogP contribution is -2.40. The Morgan fingerprint density at radius 3 is 2.82 bits per heavy atom. The van der Waals surface area contributed by atoms with Gasteiger partial charge in [-0.15, -0.1) is 0 Å². The fourth-order valence-corrected chi connectivity index (χ4v) is 5.08. The number of nitriles is 1. The van der Waals surface area contributed by atoms with Crippen molar-refractivity contribution < 1.29 is 22.7 Å². The normalized spacial score (nSPS) is 13.1. The van der Waals surface area contributed by atoms with Crippen molar-refractivity contribution in [1.82, 2.24) is 19.6 Å². The maximum atomic E-state index is 13.2. The van der Waals surface area contributed by atoms with Crippen LogP contribution in [0, 0.1) is 11.3 Å². The van der Waals surface area contributed by atoms with Crippen LogP contribution in [0.4, 0.5) is 22.1 Å². The van der Waals surface area contributed by atoms with Crippen LogP contribution in [0.5, 0.6) is 0 Å². The summed E-state index contributed by atoms with van der Waals surface area (Å²) in [5, 5.41) is 15.2. The molecule has 2 amide bonds. The fraction of sp³-hybridized carbons (Fsp3) is 0.480. The van der Waals surface area contributed by atoms with E-state index in [0.717, 1.165) is 5.56 Å². The van der Waals surface area contributed by atoms with Gasteiger partial charge in [0, 0.05) is 39.0 Å². The fourth-order valence-electron chi connectivity index (χ4n) is 4.05. The number of hydrogen-bond acceptors (Lipinski definition) is 10. The summed E-state index contributed by atoms with van der Waals surface area (Å²) in [6.45, 7) is 1.84. The molecule has 3 N–H and O–H groups in total. The first-order valence-electron chi connectivity index (χ1n) is 12.5. The average molecular weight is 559 g/mol. The van der Waals surface area contributed by atoms with Crippen molar-refractivity contribution in [2.24, 2.45) is 0 Å². The number of aromatic nitrogens is 2. The first-order valence-corrected chi connectivity index (χ1v) is 14.1. The lowest BCUT2D eigenvalue weighted by Gasteiger charge is -2.29. The number of carbonyl (C=O) groups is 2. The van der Waals surface area contributed by atoms with Crippen LogP contribution in [0.3, 0.4) is 0 Å². The molecule has 2 aromatic rings. The SMILES string of the molecule is COCCNc1cc(NC(=O)N2CCCc3cc(CNS(=O)(=O)CCCN(C)C)c(C=O)nc32)ncc1C#N. The van der Waals surface area contributed by atoms with E-state index in [1.807, 2.05) is 19.0 Å². The predicted octanol–water partition coefficient (Wildman–Crippen LogP) is 1.57. The molecule has 0 saturated heterocycles. The van der Waals surface area contributed by atoms with Crippen LogP contribution < -0.4 is 20.3 Å². The highest BCUT2D eigenvalue weighted by molar-refractivity contribution is 7.89. The number of ether oxygens (including phenoxy) is 1. The molecule has 39 heavy (non-hydrogen) atoms. The largest absolute Gasteiger partial charge is 0.383 e. The molecule has 0 aromatic carbocycles. The molecule has 1 aliphatic rings. The van der Waals surface area contributed by atoms with Gasteiger partial charge in [0.2, 0.25) is 10.0 Å². The molecule has 3 rings (SSSR count). The van der Waals surface area contributed by atoms with Gasteiger partial charge in [0.1, 0.15) is 23.4 Å². The van der Waals surface area contributed by atoms with E-state index in [1.54, 1.807) is 19.2 Å². The minimum absolute atomic E-state index is 0.0269. The smallest absolute Gasteiger partial charge is 0.328 e. The summed E-state index contributed by atoms with van der Waals surface area (Å²) in [5.74, 6) is 0.549. The third kappa shape index (κ3) is 8.42. The Hall–Kier alpha value is -3.64. The van der Waals surface area contributed by atoms with E-state index in [1.165, 1.54) is 11.1 Å². The lowest BCUT2D eigenvalue weighted by atomic mass is 10.0. The molecular weight excluding hydrogens is 524 g/mol. The zero-order chi connectivity index (χ0) is 28.4. The van der Waals surface area contributed by atoms with E-state index < -0.39 is 16.1 Å². The first kappa shape index (κ1) is 29.9. The topological polar surface area (TPSA) is 170 Å². The summed E-state index contributed by atoms with van der Waals surface area (Å²) in [7, 11) is 1.79. The second kappa shape index (κ2) is 13.9. The molecule has 0 spiro atoms. The van der Waals surface area contributed by atoms with E-state index in [9.17, 15) is 23.3 Å². The Morgan fingerprint density at radius 1 is 1.33 bits per heavy atom. The molecule has 210 valence electrons. The number of carbonyl (C=O) groups excluding carboxylic acids is 2. The van der Waals surface area contributed by atoms with Crippen molar-refractivity contribution in [3.05, 3.63) is 40.7 Å². The summed E-state index contributed by atoms with van der Waals surface area (Å²) in [6.07, 6.45) is 3.68. The number of aldehydes is 1. The highest BCUT2D eigenvalue weighted by atomic mass is 32.2. The van der Waals surface area contributed by atoms with Gasteiger partial charge in [-0.25, -0.2) is 27.9 Å².